The monoisotopic (exact) mass is 1250 g/mol. The molecule has 0 spiro atoms. The van der Waals surface area contributed by atoms with Crippen LogP contribution in [0.5, 0.6) is 0 Å². The molecule has 17 unspecified atom stereocenters. The molecule has 3 saturated heterocycles. The van der Waals surface area contributed by atoms with Crippen LogP contribution in [0, 0.1) is 0 Å². The maximum absolute atomic E-state index is 14.0. The number of rotatable bonds is 41. The number of hydrogen-bond donors (Lipinski definition) is 17. The molecule has 36 heteroatoms. The molecule has 0 aliphatic carbocycles. The van der Waals surface area contributed by atoms with Crippen molar-refractivity contribution in [3.05, 3.63) is 0 Å². The average molecular weight is 1250 g/mol. The van der Waals surface area contributed by atoms with Crippen LogP contribution in [0.2, 0.25) is 0 Å². The lowest BCUT2D eigenvalue weighted by Crippen LogP contribution is -2.64. The molecule has 36 nitrogen and oxygen atoms in total. The van der Waals surface area contributed by atoms with E-state index in [1.165, 1.54) is 27.9 Å². The number of methoxy groups -OCH3 is 1. The Morgan fingerprint density at radius 3 is 1.17 bits per heavy atom. The van der Waals surface area contributed by atoms with Crippen LogP contribution in [-0.4, -0.2) is 323 Å². The van der Waals surface area contributed by atoms with Crippen LogP contribution in [0.4, 0.5) is 0 Å². The summed E-state index contributed by atoms with van der Waals surface area (Å²) >= 11 is 0. The summed E-state index contributed by atoms with van der Waals surface area (Å²) in [5.41, 5.74) is 0. The number of ether oxygens (including phenoxy) is 11. The first-order valence-corrected chi connectivity index (χ1v) is 27.8. The third-order valence-electron chi connectivity index (χ3n) is 13.0. The summed E-state index contributed by atoms with van der Waals surface area (Å²) in [6.07, 6.45) is -17.8. The van der Waals surface area contributed by atoms with Gasteiger partial charge in [-0.2, -0.15) is 0 Å². The fraction of sp³-hybridized carbons (Fsp3) is 0.840. The first-order valence-electron chi connectivity index (χ1n) is 27.8. The van der Waals surface area contributed by atoms with Gasteiger partial charge in [-0.15, -0.1) is 0 Å². The first kappa shape index (κ1) is 75.2. The second kappa shape index (κ2) is 41.2. The van der Waals surface area contributed by atoms with E-state index in [0.717, 1.165) is 0 Å². The van der Waals surface area contributed by atoms with Crippen molar-refractivity contribution >= 4 is 47.3 Å². The van der Waals surface area contributed by atoms with E-state index < -0.39 is 171 Å². The van der Waals surface area contributed by atoms with Crippen molar-refractivity contribution < 1.29 is 136 Å². The molecule has 17 atom stereocenters. The summed E-state index contributed by atoms with van der Waals surface area (Å²) < 4.78 is 60.2. The van der Waals surface area contributed by atoms with Gasteiger partial charge in [-0.1, -0.05) is 0 Å². The van der Waals surface area contributed by atoms with Crippen LogP contribution in [0.15, 0.2) is 0 Å². The molecule has 3 heterocycles. The number of carbonyl (C=O) groups is 8. The Kier molecular flexibility index (Phi) is 36.1. The summed E-state index contributed by atoms with van der Waals surface area (Å²) in [6, 6.07) is -7.09. The van der Waals surface area contributed by atoms with Crippen molar-refractivity contribution in [3.8, 4) is 0 Å². The summed E-state index contributed by atoms with van der Waals surface area (Å²) in [4.78, 5) is 103. The Bertz CT molecular complexity index is 2060. The van der Waals surface area contributed by atoms with Gasteiger partial charge in [0.15, 0.2) is 24.9 Å². The van der Waals surface area contributed by atoms with Crippen LogP contribution in [0.25, 0.3) is 0 Å². The van der Waals surface area contributed by atoms with Crippen LogP contribution in [0.3, 0.4) is 0 Å². The van der Waals surface area contributed by atoms with Crippen LogP contribution < -0.4 is 42.5 Å². The molecule has 496 valence electrons. The van der Waals surface area contributed by atoms with Gasteiger partial charge in [0.2, 0.25) is 35.4 Å². The van der Waals surface area contributed by atoms with E-state index in [0.29, 0.717) is 0 Å². The Hall–Kier alpha value is -5.04. The number of amides is 8. The van der Waals surface area contributed by atoms with Crippen LogP contribution in [-0.2, 0) is 90.5 Å². The molecule has 8 amide bonds. The SMILES string of the molecule is COCCOCCC(=O)NC(C(=O)NCCOCCOC1OC(CO)C(O)C(O)C1NC(C)=O)C(=O)NC(CCC(=O)NCCOCCOC1OC(CO)C(O)C(O)C1NC(C)=O)C(=O)NCCOCCOC1OC(CO)C(O)C(O)C1NC(C)=O. The first-order chi connectivity index (χ1) is 41.1. The minimum absolute atomic E-state index is 0.0608. The highest BCUT2D eigenvalue weighted by atomic mass is 16.7. The zero-order chi connectivity index (χ0) is 63.7. The Balaban J connectivity index is 1.64. The van der Waals surface area contributed by atoms with E-state index >= 15 is 0 Å². The molecule has 0 bridgehead atoms. The minimum atomic E-state index is -1.97. The van der Waals surface area contributed by atoms with Crippen LogP contribution in [0.1, 0.15) is 40.0 Å². The van der Waals surface area contributed by atoms with Crippen molar-refractivity contribution in [2.75, 3.05) is 126 Å². The lowest BCUT2D eigenvalue weighted by atomic mass is 9.97. The molecule has 0 aromatic heterocycles. The maximum atomic E-state index is 14.0. The van der Waals surface area contributed by atoms with E-state index in [1.54, 1.807) is 0 Å². The lowest BCUT2D eigenvalue weighted by Gasteiger charge is -2.42. The summed E-state index contributed by atoms with van der Waals surface area (Å²) in [6.45, 7) is -0.0796. The van der Waals surface area contributed by atoms with Crippen molar-refractivity contribution in [1.82, 2.24) is 42.5 Å². The van der Waals surface area contributed by atoms with E-state index in [2.05, 4.69) is 42.5 Å². The molecule has 3 aliphatic heterocycles. The Morgan fingerprint density at radius 1 is 0.419 bits per heavy atom. The fourth-order valence-corrected chi connectivity index (χ4v) is 8.58. The van der Waals surface area contributed by atoms with Gasteiger partial charge in [0.1, 0.15) is 79.1 Å². The molecular weight excluding hydrogens is 1160 g/mol. The number of aliphatic hydroxyl groups is 9. The molecule has 3 fully saturated rings. The number of nitrogens with one attached hydrogen (secondary N) is 8. The number of aliphatic hydroxyl groups excluding tert-OH is 9. The predicted octanol–water partition coefficient (Wildman–Crippen LogP) is -10.9. The largest absolute Gasteiger partial charge is 0.394 e. The zero-order valence-electron chi connectivity index (χ0n) is 48.4. The highest BCUT2D eigenvalue weighted by Crippen LogP contribution is 2.25. The van der Waals surface area contributed by atoms with Gasteiger partial charge in [-0.05, 0) is 6.42 Å². The van der Waals surface area contributed by atoms with Gasteiger partial charge in [-0.3, -0.25) is 38.4 Å². The molecule has 86 heavy (non-hydrogen) atoms. The zero-order valence-corrected chi connectivity index (χ0v) is 48.4. The van der Waals surface area contributed by atoms with Crippen LogP contribution >= 0.6 is 0 Å². The summed E-state index contributed by atoms with van der Waals surface area (Å²) in [5, 5.41) is 111. The number of hydrogen-bond acceptors (Lipinski definition) is 28. The number of carbonyl (C=O) groups excluding carboxylic acids is 8. The predicted molar refractivity (Wildman–Crippen MR) is 286 cm³/mol. The topological polar surface area (TPSA) is 516 Å². The second-order valence-electron chi connectivity index (χ2n) is 19.6. The molecule has 3 rings (SSSR count). The quantitative estimate of drug-likeness (QED) is 0.0200. The summed E-state index contributed by atoms with van der Waals surface area (Å²) in [7, 11) is 1.44. The molecule has 0 aromatic rings. The van der Waals surface area contributed by atoms with Gasteiger partial charge in [0, 0.05) is 60.4 Å². The molecule has 0 saturated carbocycles. The minimum Gasteiger partial charge on any atom is -0.394 e. The average Bonchev–Trinajstić information content (AvgIpc) is 1.75. The van der Waals surface area contributed by atoms with E-state index in [9.17, 15) is 84.3 Å². The Morgan fingerprint density at radius 2 is 0.791 bits per heavy atom. The van der Waals surface area contributed by atoms with Crippen molar-refractivity contribution in [2.24, 2.45) is 0 Å². The van der Waals surface area contributed by atoms with Gasteiger partial charge in [0.05, 0.1) is 99.1 Å². The highest BCUT2D eigenvalue weighted by Gasteiger charge is 2.48. The molecule has 0 aromatic carbocycles. The normalized spacial score (nSPS) is 28.0. The van der Waals surface area contributed by atoms with Gasteiger partial charge < -0.3 is 141 Å². The van der Waals surface area contributed by atoms with Crippen molar-refractivity contribution in [2.45, 2.75) is 144 Å². The van der Waals surface area contributed by atoms with E-state index in [-0.39, 0.29) is 118 Å². The standard InChI is InChI=1S/C50H88N8O28/c1-26(62)54-35-42(70)39(67)30(23-59)84-48(35)81-20-17-78-12-8-51-33(65)6-5-29(45(73)52-9-13-79-18-21-82-49-36(55-27(2)63)43(71)40(68)31(24-60)85-49)57-47(75)38(58-34(66)7-11-77-16-15-76-4)46(74)53-10-14-80-19-22-83-50-37(56-28(3)64)44(72)41(69)32(25-61)86-50/h29-32,35-44,48-50,59-61,67-72H,5-25H2,1-4H3,(H,51,65)(H,52,73)(H,53,74)(H,54,62)(H,55,63)(H,56,64)(H,57,75)(H,58,66). The fourth-order valence-electron chi connectivity index (χ4n) is 8.58. The Labute approximate surface area is 495 Å². The van der Waals surface area contributed by atoms with Crippen molar-refractivity contribution in [3.63, 3.8) is 0 Å². The maximum Gasteiger partial charge on any atom is 0.253 e. The molecule has 0 radical (unpaired) electrons. The smallest absolute Gasteiger partial charge is 0.253 e. The highest BCUT2D eigenvalue weighted by molar-refractivity contribution is 6.08. The molecule has 3 aliphatic rings. The molecular formula is C50H88N8O28. The summed E-state index contributed by atoms with van der Waals surface area (Å²) in [5.74, 6) is -6.17. The van der Waals surface area contributed by atoms with E-state index in [1.807, 2.05) is 0 Å². The second-order valence-corrected chi connectivity index (χ2v) is 19.6. The van der Waals surface area contributed by atoms with E-state index in [4.69, 9.17) is 52.1 Å². The van der Waals surface area contributed by atoms with Crippen molar-refractivity contribution in [1.29, 1.82) is 0 Å². The lowest BCUT2D eigenvalue weighted by molar-refractivity contribution is -0.272. The third-order valence-corrected chi connectivity index (χ3v) is 13.0. The molecule has 17 N–H and O–H groups in total. The van der Waals surface area contributed by atoms with Gasteiger partial charge in [-0.25, -0.2) is 0 Å². The van der Waals surface area contributed by atoms with Gasteiger partial charge >= 0.3 is 0 Å². The third kappa shape index (κ3) is 26.3. The van der Waals surface area contributed by atoms with Gasteiger partial charge in [0.25, 0.3) is 11.8 Å².